The van der Waals surface area contributed by atoms with Crippen LogP contribution in [0.1, 0.15) is 6.92 Å². The average Bonchev–Trinajstić information content (AvgIpc) is 2.65. The highest BCUT2D eigenvalue weighted by molar-refractivity contribution is 6.31. The topological polar surface area (TPSA) is 64.2 Å². The lowest BCUT2D eigenvalue weighted by Crippen LogP contribution is -2.11. The second-order valence-corrected chi connectivity index (χ2v) is 6.33. The second-order valence-electron chi connectivity index (χ2n) is 5.90. The van der Waals surface area contributed by atoms with Crippen LogP contribution in [0.2, 0.25) is 5.02 Å². The second kappa shape index (κ2) is 7.81. The first kappa shape index (κ1) is 18.3. The summed E-state index contributed by atoms with van der Waals surface area (Å²) in [6, 6.07) is 12.8. The van der Waals surface area contributed by atoms with Crippen molar-refractivity contribution in [3.8, 4) is 22.8 Å². The molecule has 0 amide bonds. The number of rotatable bonds is 5. The minimum Gasteiger partial charge on any atom is -0.493 e. The Labute approximate surface area is 156 Å². The molecule has 26 heavy (non-hydrogen) atoms. The van der Waals surface area contributed by atoms with Gasteiger partial charge in [-0.05, 0) is 43.3 Å². The highest BCUT2D eigenvalue weighted by atomic mass is 35.5. The molecule has 0 saturated heterocycles. The van der Waals surface area contributed by atoms with E-state index in [0.717, 1.165) is 10.9 Å². The van der Waals surface area contributed by atoms with Gasteiger partial charge >= 0.3 is 0 Å². The van der Waals surface area contributed by atoms with Gasteiger partial charge in [-0.3, -0.25) is 4.99 Å². The van der Waals surface area contributed by atoms with Crippen LogP contribution in [0.3, 0.4) is 0 Å². The van der Waals surface area contributed by atoms with Crippen molar-refractivity contribution in [2.75, 3.05) is 20.8 Å². The predicted octanol–water partition coefficient (Wildman–Crippen LogP) is 4.05. The van der Waals surface area contributed by atoms with Crippen molar-refractivity contribution in [2.24, 2.45) is 4.99 Å². The molecule has 1 atom stereocenters. The van der Waals surface area contributed by atoms with E-state index in [-0.39, 0.29) is 6.54 Å². The number of benzene rings is 2. The number of fused-ring (bicyclic) bond motifs is 1. The third kappa shape index (κ3) is 3.84. The van der Waals surface area contributed by atoms with Crippen LogP contribution in [0.5, 0.6) is 11.5 Å². The summed E-state index contributed by atoms with van der Waals surface area (Å²) in [5.41, 5.74) is 1.49. The molecule has 0 unspecified atom stereocenters. The lowest BCUT2D eigenvalue weighted by molar-refractivity contribution is 0.203. The molecule has 3 aromatic rings. The molecule has 0 spiro atoms. The van der Waals surface area contributed by atoms with Crippen molar-refractivity contribution in [2.45, 2.75) is 13.0 Å². The molecule has 0 aliphatic heterocycles. The number of aliphatic hydroxyl groups is 1. The smallest absolute Gasteiger partial charge is 0.161 e. The standard InChI is InChI=1S/C20H20ClNO4/c1-12(23)11-22-16-10-19(26-17-7-5-14(21)9-15(16)17)13-4-6-18(24-2)20(8-13)25-3/h4-10,12,23H,11H2,1-3H3/t12-/m0/s1. The lowest BCUT2D eigenvalue weighted by Gasteiger charge is -2.10. The first-order valence-corrected chi connectivity index (χ1v) is 8.54. The van der Waals surface area contributed by atoms with Gasteiger partial charge in [0.2, 0.25) is 0 Å². The van der Waals surface area contributed by atoms with Gasteiger partial charge in [-0.15, -0.1) is 0 Å². The first-order valence-electron chi connectivity index (χ1n) is 8.16. The Morgan fingerprint density at radius 3 is 2.54 bits per heavy atom. The monoisotopic (exact) mass is 373 g/mol. The Balaban J connectivity index is 2.21. The van der Waals surface area contributed by atoms with Crippen molar-refractivity contribution in [1.29, 1.82) is 0 Å². The quantitative estimate of drug-likeness (QED) is 0.732. The van der Waals surface area contributed by atoms with Crippen LogP contribution in [-0.2, 0) is 0 Å². The molecule has 2 aromatic carbocycles. The molecule has 0 aliphatic carbocycles. The Morgan fingerprint density at radius 1 is 1.08 bits per heavy atom. The van der Waals surface area contributed by atoms with Crippen molar-refractivity contribution in [3.63, 3.8) is 0 Å². The molecule has 0 saturated carbocycles. The number of aliphatic hydroxyl groups excluding tert-OH is 1. The molecule has 6 heteroatoms. The molecule has 0 aliphatic rings. The number of nitrogens with zero attached hydrogens (tertiary/aromatic N) is 1. The fourth-order valence-corrected chi connectivity index (χ4v) is 2.81. The molecule has 1 aromatic heterocycles. The Bertz CT molecular complexity index is 995. The van der Waals surface area contributed by atoms with E-state index in [9.17, 15) is 5.11 Å². The third-order valence-corrected chi connectivity index (χ3v) is 4.13. The summed E-state index contributed by atoms with van der Waals surface area (Å²) < 4.78 is 16.7. The fraction of sp³-hybridized carbons (Fsp3) is 0.250. The number of halogens is 1. The summed E-state index contributed by atoms with van der Waals surface area (Å²) >= 11 is 6.12. The van der Waals surface area contributed by atoms with Crippen LogP contribution in [0.4, 0.5) is 0 Å². The largest absolute Gasteiger partial charge is 0.493 e. The van der Waals surface area contributed by atoms with E-state index in [2.05, 4.69) is 4.99 Å². The minimum absolute atomic E-state index is 0.289. The fourth-order valence-electron chi connectivity index (χ4n) is 2.63. The molecule has 1 heterocycles. The summed E-state index contributed by atoms with van der Waals surface area (Å²) in [7, 11) is 3.18. The molecule has 0 bridgehead atoms. The van der Waals surface area contributed by atoms with E-state index in [0.29, 0.717) is 33.2 Å². The van der Waals surface area contributed by atoms with Gasteiger partial charge in [-0.25, -0.2) is 0 Å². The van der Waals surface area contributed by atoms with Crippen molar-refractivity contribution in [3.05, 3.63) is 52.8 Å². The van der Waals surface area contributed by atoms with Crippen LogP contribution < -0.4 is 14.8 Å². The Morgan fingerprint density at radius 2 is 1.85 bits per heavy atom. The van der Waals surface area contributed by atoms with E-state index >= 15 is 0 Å². The number of ether oxygens (including phenoxy) is 2. The molecular formula is C20H20ClNO4. The predicted molar refractivity (Wildman–Crippen MR) is 102 cm³/mol. The average molecular weight is 374 g/mol. The minimum atomic E-state index is -0.536. The lowest BCUT2D eigenvalue weighted by atomic mass is 10.1. The van der Waals surface area contributed by atoms with Crippen LogP contribution >= 0.6 is 11.6 Å². The third-order valence-electron chi connectivity index (χ3n) is 3.90. The molecule has 5 nitrogen and oxygen atoms in total. The maximum Gasteiger partial charge on any atom is 0.161 e. The molecule has 1 N–H and O–H groups in total. The number of hydrogen-bond donors (Lipinski definition) is 1. The Kier molecular flexibility index (Phi) is 5.49. The zero-order chi connectivity index (χ0) is 18.7. The van der Waals surface area contributed by atoms with E-state index in [1.807, 2.05) is 30.3 Å². The summed E-state index contributed by atoms with van der Waals surface area (Å²) in [6.45, 7) is 1.98. The van der Waals surface area contributed by atoms with Crippen LogP contribution in [0.15, 0.2) is 51.9 Å². The van der Waals surface area contributed by atoms with Gasteiger partial charge in [-0.2, -0.15) is 0 Å². The van der Waals surface area contributed by atoms with Gasteiger partial charge in [0.1, 0.15) is 11.3 Å². The molecule has 136 valence electrons. The molecule has 0 fully saturated rings. The highest BCUT2D eigenvalue weighted by Crippen LogP contribution is 2.33. The molecule has 3 rings (SSSR count). The van der Waals surface area contributed by atoms with E-state index in [1.165, 1.54) is 0 Å². The SMILES string of the molecule is COc1ccc(-c2cc(=NC[C@H](C)O)c3cc(Cl)ccc3o2)cc1OC. The Hall–Kier alpha value is -2.50. The van der Waals surface area contributed by atoms with Gasteiger partial charge < -0.3 is 19.0 Å². The summed E-state index contributed by atoms with van der Waals surface area (Å²) in [5, 5.41) is 11.7. The van der Waals surface area contributed by atoms with Gasteiger partial charge in [0.15, 0.2) is 11.5 Å². The van der Waals surface area contributed by atoms with Crippen LogP contribution in [0.25, 0.3) is 22.3 Å². The van der Waals surface area contributed by atoms with Gasteiger partial charge in [0.25, 0.3) is 0 Å². The zero-order valence-electron chi connectivity index (χ0n) is 14.8. The zero-order valence-corrected chi connectivity index (χ0v) is 15.6. The summed E-state index contributed by atoms with van der Waals surface area (Å²) in [5.74, 6) is 1.88. The van der Waals surface area contributed by atoms with Crippen LogP contribution in [-0.4, -0.2) is 32.0 Å². The highest BCUT2D eigenvalue weighted by Gasteiger charge is 2.10. The van der Waals surface area contributed by atoms with Crippen molar-refractivity contribution in [1.82, 2.24) is 0 Å². The molecular weight excluding hydrogens is 354 g/mol. The van der Waals surface area contributed by atoms with E-state index in [1.54, 1.807) is 33.3 Å². The summed E-state index contributed by atoms with van der Waals surface area (Å²) in [6.07, 6.45) is -0.536. The van der Waals surface area contributed by atoms with Gasteiger partial charge in [0, 0.05) is 22.0 Å². The van der Waals surface area contributed by atoms with Crippen molar-refractivity contribution >= 4 is 22.6 Å². The maximum atomic E-state index is 9.58. The van der Waals surface area contributed by atoms with E-state index < -0.39 is 6.10 Å². The normalized spacial score (nSPS) is 13.0. The van der Waals surface area contributed by atoms with Gasteiger partial charge in [0.05, 0.1) is 32.2 Å². The number of hydrogen-bond acceptors (Lipinski definition) is 5. The van der Waals surface area contributed by atoms with Gasteiger partial charge in [-0.1, -0.05) is 11.6 Å². The van der Waals surface area contributed by atoms with Crippen molar-refractivity contribution < 1.29 is 19.0 Å². The summed E-state index contributed by atoms with van der Waals surface area (Å²) in [4.78, 5) is 4.51. The first-order chi connectivity index (χ1) is 12.5. The van der Waals surface area contributed by atoms with E-state index in [4.69, 9.17) is 25.5 Å². The molecule has 0 radical (unpaired) electrons. The number of methoxy groups -OCH3 is 2. The van der Waals surface area contributed by atoms with Crippen LogP contribution in [0, 0.1) is 0 Å². The maximum absolute atomic E-state index is 9.58.